The van der Waals surface area contributed by atoms with Crippen LogP contribution in [0.1, 0.15) is 29.8 Å². The standard InChI is InChI=1S/C20H20ClN3O/c21-15-5-4-14-12-19(23-18(14)13-15)20(25)22-16-6-8-17(9-7-16)24-10-2-1-3-11-24/h4-9,12-13,23H,1-3,10-11H2,(H,22,25). The number of carbonyl (C=O) groups is 1. The number of H-pyrrole nitrogens is 1. The lowest BCUT2D eigenvalue weighted by Gasteiger charge is -2.28. The van der Waals surface area contributed by atoms with Crippen LogP contribution in [0.15, 0.2) is 48.5 Å². The number of nitrogens with zero attached hydrogens (tertiary/aromatic N) is 1. The zero-order valence-electron chi connectivity index (χ0n) is 13.9. The topological polar surface area (TPSA) is 48.1 Å². The molecular weight excluding hydrogens is 334 g/mol. The summed E-state index contributed by atoms with van der Waals surface area (Å²) in [6.45, 7) is 2.23. The smallest absolute Gasteiger partial charge is 0.272 e. The Balaban J connectivity index is 1.47. The monoisotopic (exact) mass is 353 g/mol. The predicted molar refractivity (Wildman–Crippen MR) is 104 cm³/mol. The normalized spacial score (nSPS) is 14.7. The van der Waals surface area contributed by atoms with Crippen LogP contribution in [0.2, 0.25) is 5.02 Å². The summed E-state index contributed by atoms with van der Waals surface area (Å²) in [4.78, 5) is 18.0. The molecule has 1 aliphatic heterocycles. The Kier molecular flexibility index (Phi) is 4.36. The quantitative estimate of drug-likeness (QED) is 0.691. The van der Waals surface area contributed by atoms with Gasteiger partial charge in [-0.25, -0.2) is 0 Å². The van der Waals surface area contributed by atoms with Gasteiger partial charge < -0.3 is 15.2 Å². The molecule has 128 valence electrons. The fraction of sp³-hybridized carbons (Fsp3) is 0.250. The van der Waals surface area contributed by atoms with Gasteiger partial charge in [-0.3, -0.25) is 4.79 Å². The Morgan fingerprint density at radius 2 is 1.76 bits per heavy atom. The van der Waals surface area contributed by atoms with Gasteiger partial charge in [0, 0.05) is 40.4 Å². The number of nitrogens with one attached hydrogen (secondary N) is 2. The van der Waals surface area contributed by atoms with E-state index >= 15 is 0 Å². The molecule has 1 saturated heterocycles. The van der Waals surface area contributed by atoms with Gasteiger partial charge in [0.25, 0.3) is 5.91 Å². The minimum Gasteiger partial charge on any atom is -0.372 e. The van der Waals surface area contributed by atoms with Crippen molar-refractivity contribution in [1.29, 1.82) is 0 Å². The van der Waals surface area contributed by atoms with Crippen molar-refractivity contribution in [2.24, 2.45) is 0 Å². The fourth-order valence-corrected chi connectivity index (χ4v) is 3.50. The number of piperidine rings is 1. The molecule has 0 spiro atoms. The first-order chi connectivity index (χ1) is 12.2. The summed E-state index contributed by atoms with van der Waals surface area (Å²) < 4.78 is 0. The highest BCUT2D eigenvalue weighted by molar-refractivity contribution is 6.31. The number of carbonyl (C=O) groups excluding carboxylic acids is 1. The first-order valence-corrected chi connectivity index (χ1v) is 9.01. The summed E-state index contributed by atoms with van der Waals surface area (Å²) in [5.41, 5.74) is 3.40. The van der Waals surface area contributed by atoms with E-state index in [2.05, 4.69) is 27.3 Å². The van der Waals surface area contributed by atoms with Crippen LogP contribution in [0.3, 0.4) is 0 Å². The zero-order chi connectivity index (χ0) is 17.2. The van der Waals surface area contributed by atoms with Crippen LogP contribution in [-0.2, 0) is 0 Å². The fourth-order valence-electron chi connectivity index (χ4n) is 3.33. The lowest BCUT2D eigenvalue weighted by molar-refractivity contribution is 0.102. The molecule has 5 heteroatoms. The molecule has 4 rings (SSSR count). The Morgan fingerprint density at radius 3 is 2.52 bits per heavy atom. The number of hydrogen-bond donors (Lipinski definition) is 2. The molecular formula is C20H20ClN3O. The molecule has 2 heterocycles. The largest absolute Gasteiger partial charge is 0.372 e. The van der Waals surface area contributed by atoms with Crippen LogP contribution in [-0.4, -0.2) is 24.0 Å². The van der Waals surface area contributed by atoms with Crippen molar-refractivity contribution < 1.29 is 4.79 Å². The Labute approximate surface area is 151 Å². The minimum atomic E-state index is -0.155. The van der Waals surface area contributed by atoms with Crippen molar-refractivity contribution >= 4 is 39.8 Å². The number of fused-ring (bicyclic) bond motifs is 1. The van der Waals surface area contributed by atoms with Crippen LogP contribution in [0.4, 0.5) is 11.4 Å². The number of benzene rings is 2. The van der Waals surface area contributed by atoms with Gasteiger partial charge in [0.15, 0.2) is 0 Å². The number of hydrogen-bond acceptors (Lipinski definition) is 2. The van der Waals surface area contributed by atoms with E-state index < -0.39 is 0 Å². The molecule has 3 aromatic rings. The second-order valence-corrected chi connectivity index (χ2v) is 6.90. The Morgan fingerprint density at radius 1 is 1.00 bits per heavy atom. The maximum Gasteiger partial charge on any atom is 0.272 e. The van der Waals surface area contributed by atoms with Crippen molar-refractivity contribution in [3.05, 3.63) is 59.2 Å². The zero-order valence-corrected chi connectivity index (χ0v) is 14.6. The van der Waals surface area contributed by atoms with Crippen LogP contribution in [0.25, 0.3) is 10.9 Å². The second kappa shape index (κ2) is 6.81. The SMILES string of the molecule is O=C(Nc1ccc(N2CCCCC2)cc1)c1cc2ccc(Cl)cc2[nH]1. The molecule has 2 N–H and O–H groups in total. The van der Waals surface area contributed by atoms with Crippen molar-refractivity contribution in [2.75, 3.05) is 23.3 Å². The van der Waals surface area contributed by atoms with Crippen molar-refractivity contribution in [3.63, 3.8) is 0 Å². The van der Waals surface area contributed by atoms with Gasteiger partial charge in [-0.05, 0) is 61.7 Å². The molecule has 0 unspecified atom stereocenters. The molecule has 0 bridgehead atoms. The number of halogens is 1. The molecule has 1 fully saturated rings. The van der Waals surface area contributed by atoms with E-state index in [0.717, 1.165) is 29.7 Å². The Bertz CT molecular complexity index is 895. The summed E-state index contributed by atoms with van der Waals surface area (Å²) >= 11 is 5.99. The number of aromatic nitrogens is 1. The van der Waals surface area contributed by atoms with E-state index in [-0.39, 0.29) is 5.91 Å². The number of amides is 1. The predicted octanol–water partition coefficient (Wildman–Crippen LogP) is 5.06. The van der Waals surface area contributed by atoms with Gasteiger partial charge in [-0.2, -0.15) is 0 Å². The lowest BCUT2D eigenvalue weighted by atomic mass is 10.1. The maximum atomic E-state index is 12.5. The van der Waals surface area contributed by atoms with Crippen LogP contribution in [0, 0.1) is 0 Å². The summed E-state index contributed by atoms with van der Waals surface area (Å²) in [7, 11) is 0. The van der Waals surface area contributed by atoms with Crippen molar-refractivity contribution in [3.8, 4) is 0 Å². The summed E-state index contributed by atoms with van der Waals surface area (Å²) in [6.07, 6.45) is 3.83. The van der Waals surface area contributed by atoms with Crippen molar-refractivity contribution in [2.45, 2.75) is 19.3 Å². The van der Waals surface area contributed by atoms with E-state index in [1.807, 2.05) is 36.4 Å². The van der Waals surface area contributed by atoms with E-state index in [0.29, 0.717) is 10.7 Å². The summed E-state index contributed by atoms with van der Waals surface area (Å²) in [6, 6.07) is 15.4. The third-order valence-corrected chi connectivity index (χ3v) is 4.91. The van der Waals surface area contributed by atoms with Crippen molar-refractivity contribution in [1.82, 2.24) is 4.98 Å². The van der Waals surface area contributed by atoms with Gasteiger partial charge in [0.1, 0.15) is 5.69 Å². The average Bonchev–Trinajstić information content (AvgIpc) is 3.06. The first-order valence-electron chi connectivity index (χ1n) is 8.64. The molecule has 0 aliphatic carbocycles. The average molecular weight is 354 g/mol. The number of rotatable bonds is 3. The van der Waals surface area contributed by atoms with Gasteiger partial charge in [-0.1, -0.05) is 17.7 Å². The summed E-state index contributed by atoms with van der Waals surface area (Å²) in [5, 5.41) is 4.56. The maximum absolute atomic E-state index is 12.5. The lowest BCUT2D eigenvalue weighted by Crippen LogP contribution is -2.29. The van der Waals surface area contributed by atoms with E-state index in [9.17, 15) is 4.79 Å². The number of anilines is 2. The van der Waals surface area contributed by atoms with Crippen LogP contribution >= 0.6 is 11.6 Å². The summed E-state index contributed by atoms with van der Waals surface area (Å²) in [5.74, 6) is -0.155. The molecule has 1 aliphatic rings. The first kappa shape index (κ1) is 16.0. The van der Waals surface area contributed by atoms with E-state index in [1.165, 1.54) is 24.9 Å². The molecule has 25 heavy (non-hydrogen) atoms. The molecule has 0 radical (unpaired) electrons. The molecule has 1 aromatic heterocycles. The highest BCUT2D eigenvalue weighted by atomic mass is 35.5. The Hall–Kier alpha value is -2.46. The van der Waals surface area contributed by atoms with Crippen LogP contribution in [0.5, 0.6) is 0 Å². The van der Waals surface area contributed by atoms with Crippen LogP contribution < -0.4 is 10.2 Å². The molecule has 4 nitrogen and oxygen atoms in total. The van der Waals surface area contributed by atoms with Gasteiger partial charge in [0.05, 0.1) is 0 Å². The van der Waals surface area contributed by atoms with E-state index in [1.54, 1.807) is 0 Å². The van der Waals surface area contributed by atoms with Gasteiger partial charge in [-0.15, -0.1) is 0 Å². The molecule has 2 aromatic carbocycles. The van der Waals surface area contributed by atoms with Gasteiger partial charge >= 0.3 is 0 Å². The van der Waals surface area contributed by atoms with E-state index in [4.69, 9.17) is 11.6 Å². The highest BCUT2D eigenvalue weighted by Crippen LogP contribution is 2.23. The molecule has 0 atom stereocenters. The minimum absolute atomic E-state index is 0.155. The second-order valence-electron chi connectivity index (χ2n) is 6.46. The highest BCUT2D eigenvalue weighted by Gasteiger charge is 2.12. The number of aromatic amines is 1. The van der Waals surface area contributed by atoms with Gasteiger partial charge in [0.2, 0.25) is 0 Å². The molecule has 1 amide bonds. The molecule has 0 saturated carbocycles. The third kappa shape index (κ3) is 3.49. The third-order valence-electron chi connectivity index (χ3n) is 4.68.